The Bertz CT molecular complexity index is 339. The quantitative estimate of drug-likeness (QED) is 0.674. The molecule has 1 aromatic rings. The van der Waals surface area contributed by atoms with Gasteiger partial charge >= 0.3 is 5.97 Å². The number of amides is 1. The van der Waals surface area contributed by atoms with Gasteiger partial charge in [0, 0.05) is 18.6 Å². The average Bonchev–Trinajstić information content (AvgIpc) is 2.15. The Hall–Kier alpha value is -1.98. The molecular weight excluding hydrogens is 186 g/mol. The van der Waals surface area contributed by atoms with E-state index in [0.29, 0.717) is 0 Å². The van der Waals surface area contributed by atoms with Gasteiger partial charge in [-0.25, -0.2) is 0 Å². The summed E-state index contributed by atoms with van der Waals surface area (Å²) < 4.78 is 0. The molecule has 1 rings (SSSR count). The second kappa shape index (κ2) is 4.31. The molecule has 0 bridgehead atoms. The highest BCUT2D eigenvalue weighted by Crippen LogP contribution is 2.15. The van der Waals surface area contributed by atoms with Crippen molar-refractivity contribution in [1.29, 1.82) is 0 Å². The molecule has 6 nitrogen and oxygen atoms in total. The molecule has 1 unspecified atom stereocenters. The van der Waals surface area contributed by atoms with Crippen LogP contribution < -0.4 is 5.73 Å². The lowest BCUT2D eigenvalue weighted by molar-refractivity contribution is -0.139. The van der Waals surface area contributed by atoms with Gasteiger partial charge in [0.05, 0.1) is 18.0 Å². The monoisotopic (exact) mass is 195 g/mol. The number of aromatic nitrogens is 2. The van der Waals surface area contributed by atoms with Crippen molar-refractivity contribution in [3.63, 3.8) is 0 Å². The molecule has 0 fully saturated rings. The lowest BCUT2D eigenvalue weighted by atomic mass is 10.0. The molecule has 0 saturated carbocycles. The maximum atomic E-state index is 10.9. The van der Waals surface area contributed by atoms with Crippen molar-refractivity contribution >= 4 is 11.9 Å². The topological polar surface area (TPSA) is 106 Å². The van der Waals surface area contributed by atoms with E-state index < -0.39 is 17.8 Å². The fourth-order valence-corrected chi connectivity index (χ4v) is 1.02. The Morgan fingerprint density at radius 3 is 2.64 bits per heavy atom. The highest BCUT2D eigenvalue weighted by molar-refractivity contribution is 5.85. The largest absolute Gasteiger partial charge is 0.481 e. The highest BCUT2D eigenvalue weighted by atomic mass is 16.4. The maximum absolute atomic E-state index is 10.9. The zero-order valence-corrected chi connectivity index (χ0v) is 7.25. The van der Waals surface area contributed by atoms with Gasteiger partial charge in [0.25, 0.3) is 0 Å². The van der Waals surface area contributed by atoms with Gasteiger partial charge in [0.2, 0.25) is 5.91 Å². The molecule has 0 spiro atoms. The smallest absolute Gasteiger partial charge is 0.304 e. The minimum absolute atomic E-state index is 0.280. The van der Waals surface area contributed by atoms with Crippen molar-refractivity contribution in [2.45, 2.75) is 12.3 Å². The molecule has 1 heterocycles. The number of nitrogens with two attached hydrogens (primary N) is 1. The van der Waals surface area contributed by atoms with E-state index in [2.05, 4.69) is 9.97 Å². The summed E-state index contributed by atoms with van der Waals surface area (Å²) in [4.78, 5) is 28.9. The Kier molecular flexibility index (Phi) is 3.11. The molecule has 1 aromatic heterocycles. The number of aliphatic carboxylic acids is 1. The highest BCUT2D eigenvalue weighted by Gasteiger charge is 2.22. The van der Waals surface area contributed by atoms with E-state index in [4.69, 9.17) is 10.8 Å². The summed E-state index contributed by atoms with van der Waals surface area (Å²) in [5.41, 5.74) is 5.33. The molecule has 14 heavy (non-hydrogen) atoms. The number of hydrogen-bond donors (Lipinski definition) is 2. The van der Waals surface area contributed by atoms with Crippen LogP contribution in [-0.2, 0) is 9.59 Å². The third-order valence-electron chi connectivity index (χ3n) is 1.66. The first-order valence-electron chi connectivity index (χ1n) is 3.88. The van der Waals surface area contributed by atoms with E-state index >= 15 is 0 Å². The summed E-state index contributed by atoms with van der Waals surface area (Å²) in [5, 5.41) is 8.54. The number of hydrogen-bond acceptors (Lipinski definition) is 4. The van der Waals surface area contributed by atoms with Crippen molar-refractivity contribution in [3.05, 3.63) is 24.3 Å². The Morgan fingerprint density at radius 2 is 2.21 bits per heavy atom. The Balaban J connectivity index is 2.89. The lowest BCUT2D eigenvalue weighted by Gasteiger charge is -2.08. The van der Waals surface area contributed by atoms with Gasteiger partial charge in [0.15, 0.2) is 0 Å². The summed E-state index contributed by atoms with van der Waals surface area (Å²) in [6, 6.07) is 0. The molecule has 0 aliphatic rings. The SMILES string of the molecule is NC(=O)C(CC(=O)O)c1cnccn1. The minimum atomic E-state index is -1.10. The van der Waals surface area contributed by atoms with Crippen molar-refractivity contribution < 1.29 is 14.7 Å². The van der Waals surface area contributed by atoms with E-state index in [9.17, 15) is 9.59 Å². The fourth-order valence-electron chi connectivity index (χ4n) is 1.02. The first-order chi connectivity index (χ1) is 6.61. The van der Waals surface area contributed by atoms with E-state index in [-0.39, 0.29) is 12.1 Å². The molecule has 1 atom stereocenters. The molecular formula is C8H9N3O3. The zero-order chi connectivity index (χ0) is 10.6. The van der Waals surface area contributed by atoms with Crippen LogP contribution >= 0.6 is 0 Å². The second-order valence-corrected chi connectivity index (χ2v) is 2.68. The minimum Gasteiger partial charge on any atom is -0.481 e. The zero-order valence-electron chi connectivity index (χ0n) is 7.25. The summed E-state index contributed by atoms with van der Waals surface area (Å²) in [6.45, 7) is 0. The van der Waals surface area contributed by atoms with Gasteiger partial charge < -0.3 is 10.8 Å². The standard InChI is InChI=1S/C8H9N3O3/c9-8(14)5(3-7(12)13)6-4-10-1-2-11-6/h1-2,4-5H,3H2,(H2,9,14)(H,12,13). The van der Waals surface area contributed by atoms with Crippen LogP contribution in [0.1, 0.15) is 18.0 Å². The van der Waals surface area contributed by atoms with Gasteiger partial charge in [-0.15, -0.1) is 0 Å². The summed E-state index contributed by atoms with van der Waals surface area (Å²) >= 11 is 0. The van der Waals surface area contributed by atoms with Crippen LogP contribution in [0, 0.1) is 0 Å². The number of carbonyl (C=O) groups is 2. The van der Waals surface area contributed by atoms with Crippen molar-refractivity contribution in [2.24, 2.45) is 5.73 Å². The number of carboxylic acid groups (broad SMARTS) is 1. The first-order valence-corrected chi connectivity index (χ1v) is 3.88. The number of carboxylic acids is 1. The first kappa shape index (κ1) is 10.1. The molecule has 1 amide bonds. The molecule has 0 aromatic carbocycles. The number of nitrogens with zero attached hydrogens (tertiary/aromatic N) is 2. The van der Waals surface area contributed by atoms with Gasteiger partial charge in [0.1, 0.15) is 0 Å². The maximum Gasteiger partial charge on any atom is 0.304 e. The molecule has 74 valence electrons. The number of primary amides is 1. The van der Waals surface area contributed by atoms with Crippen molar-refractivity contribution in [2.75, 3.05) is 0 Å². The van der Waals surface area contributed by atoms with Crippen LogP contribution in [0.5, 0.6) is 0 Å². The van der Waals surface area contributed by atoms with Crippen LogP contribution in [0.2, 0.25) is 0 Å². The van der Waals surface area contributed by atoms with Crippen LogP contribution in [0.4, 0.5) is 0 Å². The molecule has 0 saturated heterocycles. The van der Waals surface area contributed by atoms with E-state index in [0.717, 1.165) is 0 Å². The van der Waals surface area contributed by atoms with Crippen molar-refractivity contribution in [1.82, 2.24) is 9.97 Å². The summed E-state index contributed by atoms with van der Waals surface area (Å²) in [6.07, 6.45) is 3.78. The summed E-state index contributed by atoms with van der Waals surface area (Å²) in [7, 11) is 0. The van der Waals surface area contributed by atoms with Gasteiger partial charge in [-0.1, -0.05) is 0 Å². The predicted octanol–water partition coefficient (Wildman–Crippen LogP) is -0.480. The predicted molar refractivity (Wildman–Crippen MR) is 46.2 cm³/mol. The third-order valence-corrected chi connectivity index (χ3v) is 1.66. The van der Waals surface area contributed by atoms with Gasteiger partial charge in [-0.3, -0.25) is 19.6 Å². The third kappa shape index (κ3) is 2.51. The molecule has 0 aliphatic heterocycles. The van der Waals surface area contributed by atoms with Crippen LogP contribution in [-0.4, -0.2) is 27.0 Å². The molecule has 6 heteroatoms. The second-order valence-electron chi connectivity index (χ2n) is 2.68. The fraction of sp³-hybridized carbons (Fsp3) is 0.250. The van der Waals surface area contributed by atoms with E-state index in [1.807, 2.05) is 0 Å². The molecule has 0 aliphatic carbocycles. The number of carbonyl (C=O) groups excluding carboxylic acids is 1. The van der Waals surface area contributed by atoms with Gasteiger partial charge in [-0.05, 0) is 0 Å². The van der Waals surface area contributed by atoms with Gasteiger partial charge in [-0.2, -0.15) is 0 Å². The normalized spacial score (nSPS) is 12.0. The Labute approximate surface area is 79.8 Å². The van der Waals surface area contributed by atoms with Crippen molar-refractivity contribution in [3.8, 4) is 0 Å². The number of rotatable bonds is 4. The lowest BCUT2D eigenvalue weighted by Crippen LogP contribution is -2.24. The summed E-state index contributed by atoms with van der Waals surface area (Å²) in [5.74, 6) is -2.73. The molecule has 0 radical (unpaired) electrons. The van der Waals surface area contributed by atoms with E-state index in [1.54, 1.807) is 0 Å². The Morgan fingerprint density at radius 1 is 1.50 bits per heavy atom. The van der Waals surface area contributed by atoms with Crippen LogP contribution in [0.25, 0.3) is 0 Å². The van der Waals surface area contributed by atoms with Crippen LogP contribution in [0.15, 0.2) is 18.6 Å². The van der Waals surface area contributed by atoms with Crippen LogP contribution in [0.3, 0.4) is 0 Å². The van der Waals surface area contributed by atoms with E-state index in [1.165, 1.54) is 18.6 Å². The molecule has 3 N–H and O–H groups in total. The average molecular weight is 195 g/mol.